The van der Waals surface area contributed by atoms with Gasteiger partial charge in [0.05, 0.1) is 15.2 Å². The topological polar surface area (TPSA) is 62.2 Å². The number of phenols is 2. The molecule has 1 saturated heterocycles. The predicted octanol–water partition coefficient (Wildman–Crippen LogP) is 7.00. The highest BCUT2D eigenvalue weighted by atomic mass is 35.5. The Morgan fingerprint density at radius 1 is 0.914 bits per heavy atom. The summed E-state index contributed by atoms with van der Waals surface area (Å²) < 4.78 is 12.4. The largest absolute Gasteiger partial charge is 0.508 e. The van der Waals surface area contributed by atoms with Gasteiger partial charge in [-0.05, 0) is 67.4 Å². The monoisotopic (exact) mass is 533 g/mol. The average molecular weight is 535 g/mol. The molecule has 35 heavy (non-hydrogen) atoms. The van der Waals surface area contributed by atoms with Crippen LogP contribution < -0.4 is 9.47 Å². The van der Waals surface area contributed by atoms with E-state index in [1.807, 2.05) is 36.4 Å². The van der Waals surface area contributed by atoms with Gasteiger partial charge in [-0.25, -0.2) is 0 Å². The maximum atomic E-state index is 10.0. The SMILES string of the molecule is Cl.Oc1ccc(C2Sc3c(Cl)cc(O)cc3OC2c2ccc(OCCN3CCCCC3)cc2)cc1. The number of piperidine rings is 1. The first kappa shape index (κ1) is 25.8. The van der Waals surface area contributed by atoms with E-state index in [1.54, 1.807) is 30.0 Å². The molecule has 2 heterocycles. The highest BCUT2D eigenvalue weighted by Crippen LogP contribution is 2.56. The Balaban J connectivity index is 0.00000289. The van der Waals surface area contributed by atoms with Crippen molar-refractivity contribution in [2.24, 2.45) is 0 Å². The molecule has 2 atom stereocenters. The van der Waals surface area contributed by atoms with Crippen molar-refractivity contribution in [2.45, 2.75) is 35.5 Å². The van der Waals surface area contributed by atoms with Crippen LogP contribution in [0.4, 0.5) is 0 Å². The fraction of sp³-hybridized carbons (Fsp3) is 0.333. The molecular weight excluding hydrogens is 505 g/mol. The summed E-state index contributed by atoms with van der Waals surface area (Å²) in [4.78, 5) is 3.26. The van der Waals surface area contributed by atoms with Crippen LogP contribution in [0.3, 0.4) is 0 Å². The van der Waals surface area contributed by atoms with Crippen molar-refractivity contribution in [2.75, 3.05) is 26.2 Å². The molecule has 5 nitrogen and oxygen atoms in total. The number of halogens is 2. The summed E-state index contributed by atoms with van der Waals surface area (Å²) in [5.74, 6) is 1.70. The second kappa shape index (κ2) is 11.7. The van der Waals surface area contributed by atoms with E-state index in [0.29, 0.717) is 17.4 Å². The lowest BCUT2D eigenvalue weighted by molar-refractivity contribution is 0.182. The molecule has 5 rings (SSSR count). The van der Waals surface area contributed by atoms with Crippen LogP contribution in [0.1, 0.15) is 41.7 Å². The quantitative estimate of drug-likeness (QED) is 0.355. The number of benzene rings is 3. The van der Waals surface area contributed by atoms with Gasteiger partial charge in [0.2, 0.25) is 0 Å². The molecular formula is C27H29Cl2NO4S. The number of hydrogen-bond acceptors (Lipinski definition) is 6. The molecule has 0 aromatic heterocycles. The lowest BCUT2D eigenvalue weighted by Crippen LogP contribution is -2.33. The van der Waals surface area contributed by atoms with E-state index in [9.17, 15) is 10.2 Å². The molecule has 1 fully saturated rings. The van der Waals surface area contributed by atoms with E-state index >= 15 is 0 Å². The number of fused-ring (bicyclic) bond motifs is 1. The van der Waals surface area contributed by atoms with Gasteiger partial charge in [-0.1, -0.05) is 42.3 Å². The summed E-state index contributed by atoms with van der Waals surface area (Å²) in [6.07, 6.45) is 3.59. The fourth-order valence-corrected chi connectivity index (χ4v) is 6.14. The number of likely N-dealkylation sites (tertiary alicyclic amines) is 1. The fourth-order valence-electron chi connectivity index (χ4n) is 4.52. The zero-order valence-corrected chi connectivity index (χ0v) is 21.6. The second-order valence-electron chi connectivity index (χ2n) is 8.74. The Kier molecular flexibility index (Phi) is 8.60. The number of aromatic hydroxyl groups is 2. The highest BCUT2D eigenvalue weighted by Gasteiger charge is 2.35. The van der Waals surface area contributed by atoms with Crippen LogP contribution in [0.15, 0.2) is 65.6 Å². The van der Waals surface area contributed by atoms with Crippen molar-refractivity contribution >= 4 is 35.8 Å². The first-order valence-electron chi connectivity index (χ1n) is 11.7. The third-order valence-corrected chi connectivity index (χ3v) is 8.16. The van der Waals surface area contributed by atoms with Crippen molar-refractivity contribution in [1.29, 1.82) is 0 Å². The van der Waals surface area contributed by atoms with E-state index in [2.05, 4.69) is 4.90 Å². The normalized spacial score (nSPS) is 19.8. The van der Waals surface area contributed by atoms with E-state index in [0.717, 1.165) is 28.3 Å². The van der Waals surface area contributed by atoms with E-state index in [4.69, 9.17) is 21.1 Å². The van der Waals surface area contributed by atoms with Crippen molar-refractivity contribution in [1.82, 2.24) is 4.90 Å². The van der Waals surface area contributed by atoms with Gasteiger partial charge >= 0.3 is 0 Å². The predicted molar refractivity (Wildman–Crippen MR) is 143 cm³/mol. The molecule has 0 bridgehead atoms. The van der Waals surface area contributed by atoms with Gasteiger partial charge in [0.25, 0.3) is 0 Å². The molecule has 0 radical (unpaired) electrons. The van der Waals surface area contributed by atoms with Gasteiger partial charge in [-0.15, -0.1) is 24.2 Å². The van der Waals surface area contributed by atoms with Crippen LogP contribution in [-0.2, 0) is 0 Å². The molecule has 8 heteroatoms. The molecule has 2 unspecified atom stereocenters. The van der Waals surface area contributed by atoms with Gasteiger partial charge in [0, 0.05) is 12.6 Å². The minimum absolute atomic E-state index is 0. The Labute approximate surface area is 221 Å². The molecule has 2 aliphatic rings. The standard InChI is InChI=1S/C27H28ClNO4S.ClH/c28-23-16-21(31)17-24-27(23)34-26(19-4-8-20(30)9-5-19)25(33-24)18-6-10-22(11-7-18)32-15-14-29-12-2-1-3-13-29;/h4-11,16-17,25-26,30-31H,1-3,12-15H2;1H. The third kappa shape index (κ3) is 6.12. The van der Waals surface area contributed by atoms with Crippen LogP contribution in [0.25, 0.3) is 0 Å². The summed E-state index contributed by atoms with van der Waals surface area (Å²) in [7, 11) is 0. The van der Waals surface area contributed by atoms with Crippen LogP contribution in [0.2, 0.25) is 5.02 Å². The maximum Gasteiger partial charge on any atom is 0.140 e. The molecule has 2 aliphatic heterocycles. The lowest BCUT2D eigenvalue weighted by Gasteiger charge is -2.34. The third-order valence-electron chi connectivity index (χ3n) is 6.32. The minimum atomic E-state index is -0.303. The summed E-state index contributed by atoms with van der Waals surface area (Å²) in [6, 6.07) is 18.3. The number of ether oxygens (including phenoxy) is 2. The number of nitrogens with zero attached hydrogens (tertiary/aromatic N) is 1. The minimum Gasteiger partial charge on any atom is -0.508 e. The Bertz CT molecular complexity index is 1120. The first-order chi connectivity index (χ1) is 16.6. The van der Waals surface area contributed by atoms with Gasteiger partial charge in [0.15, 0.2) is 0 Å². The van der Waals surface area contributed by atoms with Crippen LogP contribution in [0.5, 0.6) is 23.0 Å². The van der Waals surface area contributed by atoms with Crippen molar-refractivity contribution in [3.8, 4) is 23.0 Å². The second-order valence-corrected chi connectivity index (χ2v) is 10.3. The summed E-state index contributed by atoms with van der Waals surface area (Å²) in [5.41, 5.74) is 2.02. The van der Waals surface area contributed by atoms with Gasteiger partial charge in [-0.2, -0.15) is 0 Å². The first-order valence-corrected chi connectivity index (χ1v) is 12.9. The number of thioether (sulfide) groups is 1. The van der Waals surface area contributed by atoms with Crippen LogP contribution >= 0.6 is 35.8 Å². The van der Waals surface area contributed by atoms with Gasteiger partial charge in [-0.3, -0.25) is 4.90 Å². The maximum absolute atomic E-state index is 10.0. The Hall–Kier alpha value is -2.25. The molecule has 3 aromatic carbocycles. The Morgan fingerprint density at radius 2 is 1.60 bits per heavy atom. The number of phenolic OH excluding ortho intramolecular Hbond substituents is 2. The molecule has 0 saturated carbocycles. The molecule has 186 valence electrons. The van der Waals surface area contributed by atoms with E-state index in [-0.39, 0.29) is 35.3 Å². The van der Waals surface area contributed by atoms with Crippen molar-refractivity contribution in [3.63, 3.8) is 0 Å². The summed E-state index contributed by atoms with van der Waals surface area (Å²) >= 11 is 8.03. The zero-order chi connectivity index (χ0) is 23.5. The Morgan fingerprint density at radius 3 is 2.31 bits per heavy atom. The van der Waals surface area contributed by atoms with Crippen molar-refractivity contribution < 1.29 is 19.7 Å². The van der Waals surface area contributed by atoms with E-state index in [1.165, 1.54) is 38.4 Å². The average Bonchev–Trinajstić information content (AvgIpc) is 2.85. The lowest BCUT2D eigenvalue weighted by atomic mass is 10.00. The number of hydrogen-bond donors (Lipinski definition) is 2. The zero-order valence-electron chi connectivity index (χ0n) is 19.2. The molecule has 0 aliphatic carbocycles. The molecule has 2 N–H and O–H groups in total. The van der Waals surface area contributed by atoms with Crippen LogP contribution in [-0.4, -0.2) is 41.4 Å². The summed E-state index contributed by atoms with van der Waals surface area (Å²) in [6.45, 7) is 3.96. The molecule has 0 amide bonds. The number of rotatable bonds is 6. The summed E-state index contributed by atoms with van der Waals surface area (Å²) in [5, 5.41) is 20.2. The highest BCUT2D eigenvalue weighted by molar-refractivity contribution is 7.99. The van der Waals surface area contributed by atoms with Gasteiger partial charge < -0.3 is 19.7 Å². The van der Waals surface area contributed by atoms with Gasteiger partial charge in [0.1, 0.15) is 35.7 Å². The smallest absolute Gasteiger partial charge is 0.140 e. The van der Waals surface area contributed by atoms with Crippen LogP contribution in [0, 0.1) is 0 Å². The van der Waals surface area contributed by atoms with E-state index < -0.39 is 0 Å². The van der Waals surface area contributed by atoms with Crippen molar-refractivity contribution in [3.05, 3.63) is 76.8 Å². The molecule has 0 spiro atoms. The molecule has 3 aromatic rings.